The number of anilines is 1. The van der Waals surface area contributed by atoms with Gasteiger partial charge < -0.3 is 35.1 Å². The molecule has 4 aromatic carbocycles. The highest BCUT2D eigenvalue weighted by Gasteiger charge is 2.31. The summed E-state index contributed by atoms with van der Waals surface area (Å²) in [6.45, 7) is 3.47. The topological polar surface area (TPSA) is 138 Å². The molecule has 6 bridgehead atoms. The van der Waals surface area contributed by atoms with Gasteiger partial charge in [0.1, 0.15) is 18.1 Å². The highest BCUT2D eigenvalue weighted by Crippen LogP contribution is 2.28. The monoisotopic (exact) mass is 765 g/mol. The van der Waals surface area contributed by atoms with Crippen molar-refractivity contribution in [3.8, 4) is 11.5 Å². The molecule has 0 aromatic heterocycles. The smallest absolute Gasteiger partial charge is 0.415 e. The zero-order valence-electron chi connectivity index (χ0n) is 29.5. The number of benzene rings is 4. The lowest BCUT2D eigenvalue weighted by molar-refractivity contribution is -0.186. The third kappa shape index (κ3) is 10.5. The van der Waals surface area contributed by atoms with Crippen molar-refractivity contribution in [2.45, 2.75) is 39.3 Å². The van der Waals surface area contributed by atoms with E-state index in [-0.39, 0.29) is 44.1 Å². The largest absolute Gasteiger partial charge is 0.492 e. The summed E-state index contributed by atoms with van der Waals surface area (Å²) in [4.78, 5) is 37.2. The third-order valence-corrected chi connectivity index (χ3v) is 8.65. The molecule has 0 radical (unpaired) electrons. The minimum atomic E-state index is -4.57. The SMILES string of the molecule is CC1(C)CNC(=O)c2ccc(cc2)NC2=NC(OCC(F)(F)F)NC(=NCc3ccc(c(Cl)c3)OCCCN(C(=O)Oc3cccc4ccccc34)C1)N2. The lowest BCUT2D eigenvalue weighted by atomic mass is 9.92. The molecule has 284 valence electrons. The van der Waals surface area contributed by atoms with Gasteiger partial charge in [0.2, 0.25) is 18.3 Å². The number of halogens is 4. The summed E-state index contributed by atoms with van der Waals surface area (Å²) in [7, 11) is 0. The van der Waals surface area contributed by atoms with Gasteiger partial charge >= 0.3 is 12.3 Å². The summed E-state index contributed by atoms with van der Waals surface area (Å²) < 4.78 is 55.7. The van der Waals surface area contributed by atoms with E-state index in [2.05, 4.69) is 31.3 Å². The summed E-state index contributed by atoms with van der Waals surface area (Å²) in [6.07, 6.45) is -6.05. The number of hydrogen-bond donors (Lipinski definition) is 4. The van der Waals surface area contributed by atoms with Crippen LogP contribution in [0.15, 0.2) is 94.9 Å². The molecule has 0 fully saturated rings. The lowest BCUT2D eigenvalue weighted by Crippen LogP contribution is -2.54. The molecule has 5 heterocycles. The number of aliphatic imine (C=N–C) groups is 2. The zero-order valence-corrected chi connectivity index (χ0v) is 30.3. The van der Waals surface area contributed by atoms with Gasteiger partial charge in [0.15, 0.2) is 0 Å². The second kappa shape index (κ2) is 16.6. The molecular weight excluding hydrogens is 727 g/mol. The maximum atomic E-state index is 13.7. The van der Waals surface area contributed by atoms with E-state index in [1.165, 1.54) is 0 Å². The molecule has 9 rings (SSSR count). The third-order valence-electron chi connectivity index (χ3n) is 8.36. The average Bonchev–Trinajstić information content (AvgIpc) is 3.14. The van der Waals surface area contributed by atoms with Crippen LogP contribution in [0.5, 0.6) is 11.5 Å². The van der Waals surface area contributed by atoms with E-state index < -0.39 is 30.6 Å². The van der Waals surface area contributed by atoms with Gasteiger partial charge in [-0.15, -0.1) is 0 Å². The summed E-state index contributed by atoms with van der Waals surface area (Å²) in [5.41, 5.74) is 0.978. The Hall–Kier alpha value is -5.54. The van der Waals surface area contributed by atoms with E-state index in [1.807, 2.05) is 50.2 Å². The van der Waals surface area contributed by atoms with Crippen LogP contribution >= 0.6 is 11.6 Å². The first-order chi connectivity index (χ1) is 25.8. The van der Waals surface area contributed by atoms with Gasteiger partial charge in [-0.3, -0.25) is 10.1 Å². The Morgan fingerprint density at radius 1 is 1.02 bits per heavy atom. The minimum Gasteiger partial charge on any atom is -0.492 e. The van der Waals surface area contributed by atoms with Gasteiger partial charge in [0, 0.05) is 36.3 Å². The molecule has 0 saturated carbocycles. The van der Waals surface area contributed by atoms with Crippen LogP contribution in [0.2, 0.25) is 5.02 Å². The van der Waals surface area contributed by atoms with Crippen LogP contribution in [0.1, 0.15) is 36.2 Å². The van der Waals surface area contributed by atoms with Gasteiger partial charge in [-0.05, 0) is 65.3 Å². The number of guanidine groups is 2. The second-order valence-electron chi connectivity index (χ2n) is 13.5. The quantitative estimate of drug-likeness (QED) is 0.177. The van der Waals surface area contributed by atoms with Crippen molar-refractivity contribution in [2.75, 3.05) is 38.2 Å². The molecule has 5 aliphatic heterocycles. The number of rotatable bonds is 3. The van der Waals surface area contributed by atoms with Gasteiger partial charge in [-0.25, -0.2) is 9.79 Å². The first kappa shape index (κ1) is 38.2. The minimum absolute atomic E-state index is 0.0680. The normalized spacial score (nSPS) is 18.1. The van der Waals surface area contributed by atoms with Crippen molar-refractivity contribution < 1.29 is 37.0 Å². The fraction of sp³-hybridized carbons (Fsp3) is 0.316. The predicted octanol–water partition coefficient (Wildman–Crippen LogP) is 6.91. The molecule has 54 heavy (non-hydrogen) atoms. The molecule has 0 saturated heterocycles. The highest BCUT2D eigenvalue weighted by atomic mass is 35.5. The highest BCUT2D eigenvalue weighted by molar-refractivity contribution is 6.32. The number of amides is 2. The molecule has 16 heteroatoms. The number of nitrogens with one attached hydrogen (secondary N) is 4. The first-order valence-corrected chi connectivity index (χ1v) is 17.5. The molecule has 0 aliphatic carbocycles. The van der Waals surface area contributed by atoms with E-state index in [9.17, 15) is 22.8 Å². The van der Waals surface area contributed by atoms with Crippen LogP contribution in [-0.2, 0) is 11.3 Å². The van der Waals surface area contributed by atoms with Crippen molar-refractivity contribution in [1.29, 1.82) is 0 Å². The zero-order chi connectivity index (χ0) is 38.3. The molecule has 0 spiro atoms. The number of hydrogen-bond acceptors (Lipinski definition) is 10. The lowest BCUT2D eigenvalue weighted by Gasteiger charge is -2.32. The number of fused-ring (bicyclic) bond motifs is 1. The Morgan fingerprint density at radius 3 is 2.57 bits per heavy atom. The Balaban J connectivity index is 1.23. The molecule has 4 N–H and O–H groups in total. The van der Waals surface area contributed by atoms with E-state index in [0.29, 0.717) is 46.3 Å². The van der Waals surface area contributed by atoms with Crippen LogP contribution < -0.4 is 30.7 Å². The van der Waals surface area contributed by atoms with Crippen molar-refractivity contribution in [3.05, 3.63) is 101 Å². The van der Waals surface area contributed by atoms with Crippen molar-refractivity contribution in [1.82, 2.24) is 20.9 Å². The summed E-state index contributed by atoms with van der Waals surface area (Å²) in [5.74, 6) is 0.703. The molecular formula is C38H39ClF3N7O5. The molecule has 5 aliphatic rings. The van der Waals surface area contributed by atoms with Crippen LogP contribution in [0.25, 0.3) is 10.8 Å². The number of carbonyl (C=O) groups is 2. The first-order valence-electron chi connectivity index (χ1n) is 17.2. The van der Waals surface area contributed by atoms with Crippen LogP contribution in [0, 0.1) is 5.41 Å². The summed E-state index contributed by atoms with van der Waals surface area (Å²) in [5, 5.41) is 13.6. The van der Waals surface area contributed by atoms with E-state index in [4.69, 9.17) is 25.8 Å². The van der Waals surface area contributed by atoms with E-state index in [1.54, 1.807) is 53.4 Å². The second-order valence-corrected chi connectivity index (χ2v) is 13.9. The van der Waals surface area contributed by atoms with Crippen molar-refractivity contribution in [2.24, 2.45) is 15.4 Å². The van der Waals surface area contributed by atoms with Gasteiger partial charge in [-0.1, -0.05) is 67.9 Å². The fourth-order valence-corrected chi connectivity index (χ4v) is 5.99. The molecule has 1 unspecified atom stereocenters. The van der Waals surface area contributed by atoms with Crippen LogP contribution in [0.4, 0.5) is 23.7 Å². The number of ether oxygens (including phenoxy) is 3. The summed E-state index contributed by atoms with van der Waals surface area (Å²) in [6, 6.07) is 24.8. The van der Waals surface area contributed by atoms with Gasteiger partial charge in [0.05, 0.1) is 18.2 Å². The molecule has 1 atom stereocenters. The van der Waals surface area contributed by atoms with Crippen molar-refractivity contribution >= 4 is 52.0 Å². The average molecular weight is 766 g/mol. The van der Waals surface area contributed by atoms with Gasteiger partial charge in [0.25, 0.3) is 5.91 Å². The molecule has 4 aromatic rings. The van der Waals surface area contributed by atoms with Gasteiger partial charge in [-0.2, -0.15) is 18.2 Å². The molecule has 2 amide bonds. The maximum absolute atomic E-state index is 13.7. The van der Waals surface area contributed by atoms with E-state index >= 15 is 0 Å². The van der Waals surface area contributed by atoms with Crippen molar-refractivity contribution in [3.63, 3.8) is 0 Å². The Kier molecular flexibility index (Phi) is 11.8. The molecule has 12 nitrogen and oxygen atoms in total. The Labute approximate surface area is 314 Å². The number of carbonyl (C=O) groups excluding carboxylic acids is 2. The predicted molar refractivity (Wildman–Crippen MR) is 200 cm³/mol. The van der Waals surface area contributed by atoms with Crippen LogP contribution in [0.3, 0.4) is 0 Å². The number of alkyl halides is 3. The maximum Gasteiger partial charge on any atom is 0.415 e. The standard InChI is InChI=1S/C38H39ClF3N7O5/c1-37(2)21-44-32(50)26-12-14-27(15-13-26)45-34-46-33(47-35(48-34)53-23-38(40,41)42)43-20-24-11-16-31(29(39)19-24)52-18-6-17-49(22-37)36(51)54-30-10-5-8-25-7-3-4-9-28(25)30/h3-5,7-16,19,35H,6,17-18,20-23H2,1-2H3,(H,44,50)(H3,43,45,46,47,48). The van der Waals surface area contributed by atoms with Crippen LogP contribution in [-0.4, -0.2) is 74.2 Å². The Morgan fingerprint density at radius 2 is 1.80 bits per heavy atom. The fourth-order valence-electron chi connectivity index (χ4n) is 5.73. The number of nitrogens with zero attached hydrogens (tertiary/aromatic N) is 3. The Bertz CT molecular complexity index is 2040. The summed E-state index contributed by atoms with van der Waals surface area (Å²) >= 11 is 6.56. The van der Waals surface area contributed by atoms with E-state index in [0.717, 1.165) is 10.8 Å².